The molecule has 0 saturated carbocycles. The smallest absolute Gasteiger partial charge is 0.386 e. The van der Waals surface area contributed by atoms with Gasteiger partial charge in [-0.05, 0) is 0 Å². The van der Waals surface area contributed by atoms with Crippen molar-refractivity contribution in [2.24, 2.45) is 0 Å². The molecule has 0 heterocycles. The van der Waals surface area contributed by atoms with E-state index in [-0.39, 0.29) is 0 Å². The van der Waals surface area contributed by atoms with Crippen LogP contribution in [-0.4, -0.2) is 44.8 Å². The molecule has 0 aromatic carbocycles. The van der Waals surface area contributed by atoms with Gasteiger partial charge < -0.3 is 17.5 Å². The Kier molecular flexibility index (Phi) is 2.38. The summed E-state index contributed by atoms with van der Waals surface area (Å²) in [6.07, 6.45) is 0. The van der Waals surface area contributed by atoms with Gasteiger partial charge in [0.1, 0.15) is 0 Å². The number of nitrogens with zero attached hydrogens (tertiary/aromatic N) is 2. The third-order valence-electron chi connectivity index (χ3n) is 1.75. The highest BCUT2D eigenvalue weighted by Crippen LogP contribution is 2.21. The summed E-state index contributed by atoms with van der Waals surface area (Å²) in [5.41, 5.74) is 0. The first kappa shape index (κ1) is 9.77. The van der Waals surface area contributed by atoms with Crippen LogP contribution in [0.1, 0.15) is 0 Å². The fraction of sp³-hybridized carbons (Fsp3) is 1.00. The third-order valence-corrected chi connectivity index (χ3v) is 1.75. The first-order valence-corrected chi connectivity index (χ1v) is 2.90. The Morgan fingerprint density at radius 1 is 1.10 bits per heavy atom. The van der Waals surface area contributed by atoms with E-state index in [9.17, 15) is 12.9 Å². The lowest BCUT2D eigenvalue weighted by Crippen LogP contribution is -2.63. The highest BCUT2D eigenvalue weighted by Gasteiger charge is 2.48. The Bertz CT molecular complexity index is 120. The molecule has 0 saturated heterocycles. The van der Waals surface area contributed by atoms with E-state index in [0.29, 0.717) is 0 Å². The molecule has 0 amide bonds. The van der Waals surface area contributed by atoms with E-state index in [2.05, 4.69) is 0 Å². The van der Waals surface area contributed by atoms with Crippen LogP contribution >= 0.6 is 0 Å². The number of hydrogen-bond acceptors (Lipinski definition) is 1. The zero-order valence-corrected chi connectivity index (χ0v) is 6.61. The molecule has 0 atom stereocenters. The Morgan fingerprint density at radius 3 is 1.40 bits per heavy atom. The molecule has 0 aliphatic heterocycles. The van der Waals surface area contributed by atoms with Gasteiger partial charge in [0.05, 0.1) is 14.1 Å². The fourth-order valence-corrected chi connectivity index (χ4v) is 0.262. The normalized spacial score (nSPS) is 14.4. The maximum atomic E-state index is 12.1. The van der Waals surface area contributed by atoms with E-state index in [1.807, 2.05) is 0 Å². The molecule has 0 bridgehead atoms. The molecule has 6 heteroatoms. The van der Waals surface area contributed by atoms with Crippen molar-refractivity contribution >= 4 is 7.11 Å². The van der Waals surface area contributed by atoms with Crippen molar-refractivity contribution in [2.45, 2.75) is 0 Å². The molecule has 0 fully saturated rings. The number of halogens is 3. The summed E-state index contributed by atoms with van der Waals surface area (Å²) in [6.45, 7) is 0. The van der Waals surface area contributed by atoms with Crippen LogP contribution < -0.4 is 0 Å². The Hall–Kier alpha value is -0.225. The van der Waals surface area contributed by atoms with Gasteiger partial charge in [0.2, 0.25) is 0 Å². The van der Waals surface area contributed by atoms with Crippen LogP contribution in [0.5, 0.6) is 0 Å². The Labute approximate surface area is 58.9 Å². The van der Waals surface area contributed by atoms with Crippen molar-refractivity contribution in [1.29, 1.82) is 0 Å². The van der Waals surface area contributed by atoms with Gasteiger partial charge in [-0.15, -0.1) is 0 Å². The van der Waals surface area contributed by atoms with Gasteiger partial charge in [0, 0.05) is 14.1 Å². The van der Waals surface area contributed by atoms with E-state index in [1.54, 1.807) is 0 Å². The van der Waals surface area contributed by atoms with Gasteiger partial charge >= 0.3 is 7.11 Å². The molecule has 0 unspecified atom stereocenters. The lowest BCUT2D eigenvalue weighted by atomic mass is 10.1. The monoisotopic (exact) mass is 156 g/mol. The standard InChI is InChI=1S/C4H12BF3N2/c1-9(2)10(3,4)5(6,7)8/h1-4H3. The second-order valence-corrected chi connectivity index (χ2v) is 2.87. The SMILES string of the molecule is CN(C)[N+](C)(C)[B-](F)(F)F. The minimum atomic E-state index is -4.83. The van der Waals surface area contributed by atoms with Gasteiger partial charge in [0.15, 0.2) is 0 Å². The van der Waals surface area contributed by atoms with Crippen molar-refractivity contribution in [3.8, 4) is 0 Å². The molecule has 0 aromatic heterocycles. The van der Waals surface area contributed by atoms with Crippen LogP contribution in [0.2, 0.25) is 0 Å². The van der Waals surface area contributed by atoms with E-state index < -0.39 is 11.6 Å². The highest BCUT2D eigenvalue weighted by molar-refractivity contribution is 6.50. The first-order valence-electron chi connectivity index (χ1n) is 2.90. The quantitative estimate of drug-likeness (QED) is 0.423. The van der Waals surface area contributed by atoms with Crippen LogP contribution in [0.4, 0.5) is 12.9 Å². The number of rotatable bonds is 2. The molecule has 0 spiro atoms. The van der Waals surface area contributed by atoms with Crippen LogP contribution in [0.15, 0.2) is 0 Å². The zero-order valence-electron chi connectivity index (χ0n) is 6.61. The second kappa shape index (κ2) is 2.43. The molecule has 0 aliphatic carbocycles. The molecule has 0 aliphatic rings. The molecule has 0 aromatic rings. The van der Waals surface area contributed by atoms with Crippen LogP contribution in [0.3, 0.4) is 0 Å². The number of hydrogen-bond donors (Lipinski definition) is 0. The average Bonchev–Trinajstić information content (AvgIpc) is 1.62. The largest absolute Gasteiger partial charge is 0.751 e. The van der Waals surface area contributed by atoms with E-state index in [0.717, 1.165) is 19.1 Å². The summed E-state index contributed by atoms with van der Waals surface area (Å²) in [5.74, 6) is 0. The highest BCUT2D eigenvalue weighted by atomic mass is 19.4. The molecular weight excluding hydrogens is 144 g/mol. The van der Waals surface area contributed by atoms with Gasteiger partial charge in [-0.1, -0.05) is 0 Å². The van der Waals surface area contributed by atoms with Crippen molar-refractivity contribution < 1.29 is 17.5 Å². The molecule has 62 valence electrons. The molecule has 10 heavy (non-hydrogen) atoms. The van der Waals surface area contributed by atoms with Crippen molar-refractivity contribution in [2.75, 3.05) is 28.2 Å². The van der Waals surface area contributed by atoms with E-state index in [1.165, 1.54) is 14.1 Å². The van der Waals surface area contributed by atoms with Gasteiger partial charge in [-0.25, -0.2) is 0 Å². The van der Waals surface area contributed by atoms with Gasteiger partial charge in [-0.2, -0.15) is 5.01 Å². The molecule has 0 rings (SSSR count). The maximum absolute atomic E-state index is 12.1. The van der Waals surface area contributed by atoms with Gasteiger partial charge in [-0.3, -0.25) is 0 Å². The second-order valence-electron chi connectivity index (χ2n) is 2.87. The topological polar surface area (TPSA) is 3.24 Å². The molecule has 2 nitrogen and oxygen atoms in total. The summed E-state index contributed by atoms with van der Waals surface area (Å²) in [4.78, 5) is 0. The van der Waals surface area contributed by atoms with Crippen molar-refractivity contribution in [3.63, 3.8) is 0 Å². The maximum Gasteiger partial charge on any atom is 0.751 e. The Morgan fingerprint density at radius 2 is 1.40 bits per heavy atom. The van der Waals surface area contributed by atoms with Crippen LogP contribution in [0.25, 0.3) is 0 Å². The predicted octanol–water partition coefficient (Wildman–Crippen LogP) is 0.883. The lowest BCUT2D eigenvalue weighted by molar-refractivity contribution is -0.925. The van der Waals surface area contributed by atoms with Crippen molar-refractivity contribution in [1.82, 2.24) is 5.01 Å². The minimum absolute atomic E-state index is 1.03. The fourth-order valence-electron chi connectivity index (χ4n) is 0.262. The summed E-state index contributed by atoms with van der Waals surface area (Å²) in [6, 6.07) is 0. The summed E-state index contributed by atoms with van der Waals surface area (Å²) in [7, 11) is 0.185. The average molecular weight is 156 g/mol. The molecule has 0 N–H and O–H groups in total. The first-order chi connectivity index (χ1) is 4.19. The third kappa shape index (κ3) is 1.63. The predicted molar refractivity (Wildman–Crippen MR) is 34.9 cm³/mol. The minimum Gasteiger partial charge on any atom is -0.386 e. The molecule has 0 radical (unpaired) electrons. The van der Waals surface area contributed by atoms with Crippen LogP contribution in [0, 0.1) is 0 Å². The summed E-state index contributed by atoms with van der Waals surface area (Å²) >= 11 is 0. The summed E-state index contributed by atoms with van der Waals surface area (Å²) in [5, 5.41) is 1.11. The van der Waals surface area contributed by atoms with Gasteiger partial charge in [0.25, 0.3) is 0 Å². The number of quaternary nitrogens is 1. The Balaban J connectivity index is 4.40. The molecular formula is C4H12BF3N2. The van der Waals surface area contributed by atoms with Crippen LogP contribution in [-0.2, 0) is 0 Å². The van der Waals surface area contributed by atoms with E-state index in [4.69, 9.17) is 0 Å². The lowest BCUT2D eigenvalue weighted by Gasteiger charge is -2.43. The zero-order chi connectivity index (χ0) is 8.58. The van der Waals surface area contributed by atoms with Crippen molar-refractivity contribution in [3.05, 3.63) is 0 Å². The summed E-state index contributed by atoms with van der Waals surface area (Å²) < 4.78 is 35.2. The van der Waals surface area contributed by atoms with E-state index >= 15 is 0 Å².